The largest absolute Gasteiger partial charge is 0.331 e. The monoisotopic (exact) mass is 344 g/mol. The Morgan fingerprint density at radius 2 is 1.28 bits per heavy atom. The van der Waals surface area contributed by atoms with E-state index in [1.54, 1.807) is 0 Å². The van der Waals surface area contributed by atoms with Gasteiger partial charge >= 0.3 is 0 Å². The summed E-state index contributed by atoms with van der Waals surface area (Å²) < 4.78 is 0. The van der Waals surface area contributed by atoms with Crippen molar-refractivity contribution < 1.29 is 0 Å². The maximum absolute atomic E-state index is 5.38. The third-order valence-electron chi connectivity index (χ3n) is 3.92. The minimum atomic E-state index is 0.496. The van der Waals surface area contributed by atoms with E-state index in [0.717, 1.165) is 33.2 Å². The van der Waals surface area contributed by atoms with Gasteiger partial charge in [-0.2, -0.15) is 0 Å². The van der Waals surface area contributed by atoms with E-state index in [-0.39, 0.29) is 0 Å². The molecule has 122 valence electrons. The van der Waals surface area contributed by atoms with Crippen LogP contribution in [0.1, 0.15) is 0 Å². The molecular formula is C20H16N4S. The van der Waals surface area contributed by atoms with Gasteiger partial charge in [0, 0.05) is 16.5 Å². The number of hydrogen-bond acceptors (Lipinski definition) is 3. The highest BCUT2D eigenvalue weighted by Crippen LogP contribution is 2.29. The number of benzene rings is 3. The maximum Gasteiger partial charge on any atom is 0.189 e. The summed E-state index contributed by atoms with van der Waals surface area (Å²) in [4.78, 5) is 4.72. The molecule has 0 saturated carbocycles. The normalized spacial score (nSPS) is 10.6. The van der Waals surface area contributed by atoms with Gasteiger partial charge in [-0.05, 0) is 36.5 Å². The molecule has 4 rings (SSSR count). The molecule has 25 heavy (non-hydrogen) atoms. The average molecular weight is 344 g/mol. The number of aromatic nitrogens is 1. The van der Waals surface area contributed by atoms with E-state index >= 15 is 0 Å². The average Bonchev–Trinajstić information content (AvgIpc) is 2.66. The van der Waals surface area contributed by atoms with Crippen molar-refractivity contribution in [3.63, 3.8) is 0 Å². The Morgan fingerprint density at radius 3 is 1.92 bits per heavy atom. The van der Waals surface area contributed by atoms with E-state index in [4.69, 9.17) is 17.2 Å². The Kier molecular flexibility index (Phi) is 4.14. The quantitative estimate of drug-likeness (QED) is 0.286. The van der Waals surface area contributed by atoms with Crippen molar-refractivity contribution >= 4 is 50.5 Å². The Bertz CT molecular complexity index is 993. The molecule has 0 spiro atoms. The first-order valence-electron chi connectivity index (χ1n) is 7.97. The van der Waals surface area contributed by atoms with Crippen LogP contribution in [-0.4, -0.2) is 10.1 Å². The molecule has 1 heterocycles. The van der Waals surface area contributed by atoms with Crippen LogP contribution < -0.4 is 16.2 Å². The molecule has 5 heteroatoms. The highest BCUT2D eigenvalue weighted by atomic mass is 32.1. The molecule has 0 fully saturated rings. The second-order valence-electron chi connectivity index (χ2n) is 5.59. The fourth-order valence-corrected chi connectivity index (χ4v) is 2.95. The Hall–Kier alpha value is -3.18. The van der Waals surface area contributed by atoms with Gasteiger partial charge in [0.05, 0.1) is 16.7 Å². The van der Waals surface area contributed by atoms with Crippen molar-refractivity contribution in [1.29, 1.82) is 0 Å². The van der Waals surface area contributed by atoms with Gasteiger partial charge in [-0.1, -0.05) is 54.6 Å². The van der Waals surface area contributed by atoms with Gasteiger partial charge in [-0.3, -0.25) is 10.9 Å². The van der Waals surface area contributed by atoms with Crippen LogP contribution >= 0.6 is 12.2 Å². The lowest BCUT2D eigenvalue weighted by atomic mass is 10.1. The third-order valence-corrected chi connectivity index (χ3v) is 4.12. The molecule has 0 aliphatic rings. The second-order valence-corrected chi connectivity index (χ2v) is 6.00. The first kappa shape index (κ1) is 15.4. The molecule has 0 atom stereocenters. The van der Waals surface area contributed by atoms with E-state index < -0.39 is 0 Å². The minimum Gasteiger partial charge on any atom is -0.331 e. The number of rotatable bonds is 3. The van der Waals surface area contributed by atoms with Gasteiger partial charge < -0.3 is 5.32 Å². The molecule has 4 aromatic rings. The molecule has 0 bridgehead atoms. The van der Waals surface area contributed by atoms with Gasteiger partial charge in [0.25, 0.3) is 0 Å². The van der Waals surface area contributed by atoms with Crippen molar-refractivity contribution in [2.24, 2.45) is 0 Å². The number of thiocarbonyl (C=S) groups is 1. The predicted molar refractivity (Wildman–Crippen MR) is 109 cm³/mol. The van der Waals surface area contributed by atoms with E-state index in [2.05, 4.69) is 16.2 Å². The molecule has 4 nitrogen and oxygen atoms in total. The van der Waals surface area contributed by atoms with Crippen LogP contribution in [0.15, 0.2) is 78.9 Å². The van der Waals surface area contributed by atoms with Crippen molar-refractivity contribution in [3.05, 3.63) is 78.9 Å². The zero-order chi connectivity index (χ0) is 17.1. The maximum atomic E-state index is 5.38. The zero-order valence-electron chi connectivity index (χ0n) is 13.4. The van der Waals surface area contributed by atoms with Crippen LogP contribution in [0.4, 0.5) is 11.4 Å². The SMILES string of the molecule is S=C(NNc1c2ccccc2nc2ccccc12)Nc1ccccc1. The van der Waals surface area contributed by atoms with Gasteiger partial charge in [-0.15, -0.1) is 0 Å². The molecule has 0 aliphatic carbocycles. The van der Waals surface area contributed by atoms with Gasteiger partial charge in [-0.25, -0.2) is 4.98 Å². The lowest BCUT2D eigenvalue weighted by Gasteiger charge is -2.16. The summed E-state index contributed by atoms with van der Waals surface area (Å²) in [6.07, 6.45) is 0. The molecule has 0 unspecified atom stereocenters. The second kappa shape index (κ2) is 6.75. The van der Waals surface area contributed by atoms with Gasteiger partial charge in [0.1, 0.15) is 0 Å². The van der Waals surface area contributed by atoms with E-state index in [1.165, 1.54) is 0 Å². The number of nitrogens with one attached hydrogen (secondary N) is 3. The van der Waals surface area contributed by atoms with E-state index in [0.29, 0.717) is 5.11 Å². The number of hydrazine groups is 1. The molecule has 0 amide bonds. The smallest absolute Gasteiger partial charge is 0.189 e. The summed E-state index contributed by atoms with van der Waals surface area (Å²) >= 11 is 5.38. The molecular weight excluding hydrogens is 328 g/mol. The molecule has 3 aromatic carbocycles. The lowest BCUT2D eigenvalue weighted by Crippen LogP contribution is -2.33. The van der Waals surface area contributed by atoms with Crippen LogP contribution in [0.25, 0.3) is 21.8 Å². The van der Waals surface area contributed by atoms with Crippen LogP contribution in [0.3, 0.4) is 0 Å². The number of pyridine rings is 1. The molecule has 1 aromatic heterocycles. The number of anilines is 2. The Labute approximate surface area is 150 Å². The first-order valence-corrected chi connectivity index (χ1v) is 8.37. The summed E-state index contributed by atoms with van der Waals surface area (Å²) in [7, 11) is 0. The minimum absolute atomic E-state index is 0.496. The van der Waals surface area contributed by atoms with Crippen LogP contribution in [-0.2, 0) is 0 Å². The van der Waals surface area contributed by atoms with Crippen molar-refractivity contribution in [3.8, 4) is 0 Å². The highest BCUT2D eigenvalue weighted by Gasteiger charge is 2.08. The van der Waals surface area contributed by atoms with Crippen LogP contribution in [0.2, 0.25) is 0 Å². The number of para-hydroxylation sites is 3. The van der Waals surface area contributed by atoms with Crippen molar-refractivity contribution in [1.82, 2.24) is 10.4 Å². The molecule has 0 aliphatic heterocycles. The summed E-state index contributed by atoms with van der Waals surface area (Å²) in [6, 6.07) is 25.9. The van der Waals surface area contributed by atoms with Crippen molar-refractivity contribution in [2.75, 3.05) is 10.7 Å². The van der Waals surface area contributed by atoms with Crippen LogP contribution in [0.5, 0.6) is 0 Å². The van der Waals surface area contributed by atoms with E-state index in [1.807, 2.05) is 78.9 Å². The highest BCUT2D eigenvalue weighted by molar-refractivity contribution is 7.80. The van der Waals surface area contributed by atoms with E-state index in [9.17, 15) is 0 Å². The standard InChI is InChI=1S/C20H16N4S/c25-20(21-14-8-2-1-3-9-14)24-23-19-15-10-4-6-12-17(15)22-18-13-7-5-11-16(18)19/h1-13H,(H,22,23)(H2,21,24,25). The van der Waals surface area contributed by atoms with Crippen molar-refractivity contribution in [2.45, 2.75) is 0 Å². The zero-order valence-corrected chi connectivity index (χ0v) is 14.2. The van der Waals surface area contributed by atoms with Gasteiger partial charge in [0.2, 0.25) is 0 Å². The molecule has 0 saturated heterocycles. The number of fused-ring (bicyclic) bond motifs is 2. The summed E-state index contributed by atoms with van der Waals surface area (Å²) in [5.74, 6) is 0. The summed E-state index contributed by atoms with van der Waals surface area (Å²) in [5, 5.41) is 5.72. The fraction of sp³-hybridized carbons (Fsp3) is 0. The Morgan fingerprint density at radius 1 is 0.720 bits per heavy atom. The Balaban J connectivity index is 1.64. The lowest BCUT2D eigenvalue weighted by molar-refractivity contribution is 1.15. The summed E-state index contributed by atoms with van der Waals surface area (Å²) in [5.41, 5.74) is 10.1. The molecule has 0 radical (unpaired) electrons. The summed E-state index contributed by atoms with van der Waals surface area (Å²) in [6.45, 7) is 0. The first-order chi connectivity index (χ1) is 12.3. The number of nitrogens with zero attached hydrogens (tertiary/aromatic N) is 1. The topological polar surface area (TPSA) is 49.0 Å². The number of hydrogen-bond donors (Lipinski definition) is 3. The predicted octanol–water partition coefficient (Wildman–Crippen LogP) is 4.70. The van der Waals surface area contributed by atoms with Gasteiger partial charge in [0.15, 0.2) is 5.11 Å². The fourth-order valence-electron chi connectivity index (χ4n) is 2.78. The van der Waals surface area contributed by atoms with Crippen LogP contribution in [0, 0.1) is 0 Å². The molecule has 3 N–H and O–H groups in total. The third kappa shape index (κ3) is 3.22.